The minimum Gasteiger partial charge on any atom is -0.320 e. The van der Waals surface area contributed by atoms with Gasteiger partial charge >= 0.3 is 0 Å². The summed E-state index contributed by atoms with van der Waals surface area (Å²) in [6.45, 7) is 6.45. The average Bonchev–Trinajstić information content (AvgIpc) is 3.06. The molecule has 3 heterocycles. The molecule has 1 saturated heterocycles. The van der Waals surface area contributed by atoms with Crippen molar-refractivity contribution in [3.8, 4) is 0 Å². The summed E-state index contributed by atoms with van der Waals surface area (Å²) in [4.78, 5) is 17.1. The van der Waals surface area contributed by atoms with Gasteiger partial charge < -0.3 is 4.57 Å². The van der Waals surface area contributed by atoms with Crippen LogP contribution in [-0.2, 0) is 33.0 Å². The van der Waals surface area contributed by atoms with E-state index in [0.717, 1.165) is 69.2 Å². The molecule has 0 amide bonds. The summed E-state index contributed by atoms with van der Waals surface area (Å²) in [6, 6.07) is 1.81. The predicted octanol–water partition coefficient (Wildman–Crippen LogP) is 0.0684. The Bertz CT molecular complexity index is 804. The van der Waals surface area contributed by atoms with Crippen LogP contribution in [0, 0.1) is 0 Å². The Kier molecular flexibility index (Phi) is 5.12. The van der Waals surface area contributed by atoms with Crippen molar-refractivity contribution in [1.82, 2.24) is 34.3 Å². The fourth-order valence-electron chi connectivity index (χ4n) is 3.82. The van der Waals surface area contributed by atoms with E-state index in [1.807, 2.05) is 11.6 Å². The van der Waals surface area contributed by atoms with Crippen molar-refractivity contribution in [2.45, 2.75) is 38.8 Å². The summed E-state index contributed by atoms with van der Waals surface area (Å²) in [5, 5.41) is 12.7. The molecule has 1 fully saturated rings. The molecule has 2 aromatic rings. The SMILES string of the molecule is Cn1cnnc1CN1CCN(CCn2nc3c(cc2=O)CCCC3)CC1. The van der Waals surface area contributed by atoms with E-state index in [1.165, 1.54) is 12.8 Å². The Balaban J connectivity index is 1.29. The summed E-state index contributed by atoms with van der Waals surface area (Å²) in [5.41, 5.74) is 2.34. The van der Waals surface area contributed by atoms with Gasteiger partial charge in [-0.3, -0.25) is 14.6 Å². The maximum atomic E-state index is 12.3. The molecule has 26 heavy (non-hydrogen) atoms. The van der Waals surface area contributed by atoms with Crippen LogP contribution in [-0.4, -0.2) is 67.1 Å². The fraction of sp³-hybridized carbons (Fsp3) is 0.667. The highest BCUT2D eigenvalue weighted by atomic mass is 16.1. The quantitative estimate of drug-likeness (QED) is 0.754. The number of nitrogens with zero attached hydrogens (tertiary/aromatic N) is 7. The largest absolute Gasteiger partial charge is 0.320 e. The maximum absolute atomic E-state index is 12.3. The third-order valence-electron chi connectivity index (χ3n) is 5.54. The molecule has 2 aromatic heterocycles. The maximum Gasteiger partial charge on any atom is 0.267 e. The van der Waals surface area contributed by atoms with E-state index in [1.54, 1.807) is 17.1 Å². The number of piperazine rings is 1. The van der Waals surface area contributed by atoms with Gasteiger partial charge in [-0.1, -0.05) is 0 Å². The van der Waals surface area contributed by atoms with Crippen LogP contribution in [0.3, 0.4) is 0 Å². The van der Waals surface area contributed by atoms with E-state index in [4.69, 9.17) is 0 Å². The van der Waals surface area contributed by atoms with Crippen molar-refractivity contribution in [3.05, 3.63) is 39.8 Å². The number of hydrogen-bond acceptors (Lipinski definition) is 6. The molecule has 0 atom stereocenters. The van der Waals surface area contributed by atoms with Gasteiger partial charge in [0.25, 0.3) is 5.56 Å². The first-order valence-corrected chi connectivity index (χ1v) is 9.56. The number of hydrogen-bond donors (Lipinski definition) is 0. The Morgan fingerprint density at radius 2 is 1.81 bits per heavy atom. The van der Waals surface area contributed by atoms with Crippen molar-refractivity contribution in [2.75, 3.05) is 32.7 Å². The standard InChI is InChI=1S/C18H27N7O/c1-22-14-19-20-17(22)13-24-8-6-23(7-9-24)10-11-25-18(26)12-15-4-2-3-5-16(15)21-25/h12,14H,2-11,13H2,1H3. The fourth-order valence-corrected chi connectivity index (χ4v) is 3.82. The summed E-state index contributed by atoms with van der Waals surface area (Å²) in [6.07, 6.45) is 6.12. The lowest BCUT2D eigenvalue weighted by Crippen LogP contribution is -2.47. The van der Waals surface area contributed by atoms with Gasteiger partial charge in [-0.15, -0.1) is 10.2 Å². The molecule has 0 unspecified atom stereocenters. The van der Waals surface area contributed by atoms with E-state index in [-0.39, 0.29) is 5.56 Å². The zero-order valence-electron chi connectivity index (χ0n) is 15.5. The van der Waals surface area contributed by atoms with Crippen molar-refractivity contribution < 1.29 is 0 Å². The molecule has 140 valence electrons. The van der Waals surface area contributed by atoms with E-state index in [9.17, 15) is 4.79 Å². The van der Waals surface area contributed by atoms with Crippen LogP contribution in [0.5, 0.6) is 0 Å². The summed E-state index contributed by atoms with van der Waals surface area (Å²) in [5.74, 6) is 1.00. The first kappa shape index (κ1) is 17.4. The van der Waals surface area contributed by atoms with Crippen molar-refractivity contribution >= 4 is 0 Å². The first-order chi connectivity index (χ1) is 12.7. The summed E-state index contributed by atoms with van der Waals surface area (Å²) >= 11 is 0. The van der Waals surface area contributed by atoms with Gasteiger partial charge in [-0.25, -0.2) is 4.68 Å². The molecule has 2 aliphatic rings. The number of fused-ring (bicyclic) bond motifs is 1. The predicted molar refractivity (Wildman–Crippen MR) is 97.9 cm³/mol. The molecule has 0 N–H and O–H groups in total. The molecule has 8 nitrogen and oxygen atoms in total. The molecule has 1 aliphatic carbocycles. The minimum atomic E-state index is 0.0477. The highest BCUT2D eigenvalue weighted by molar-refractivity contribution is 5.20. The Labute approximate surface area is 153 Å². The van der Waals surface area contributed by atoms with Gasteiger partial charge in [-0.2, -0.15) is 5.10 Å². The third-order valence-corrected chi connectivity index (χ3v) is 5.54. The average molecular weight is 357 g/mol. The molecule has 0 bridgehead atoms. The molecule has 1 aliphatic heterocycles. The van der Waals surface area contributed by atoms with Crippen LogP contribution in [0.25, 0.3) is 0 Å². The lowest BCUT2D eigenvalue weighted by Gasteiger charge is -2.34. The number of aryl methyl sites for hydroxylation is 3. The Hall–Kier alpha value is -2.06. The third kappa shape index (κ3) is 3.86. The Morgan fingerprint density at radius 1 is 1.04 bits per heavy atom. The van der Waals surface area contributed by atoms with Gasteiger partial charge in [0.05, 0.1) is 18.8 Å². The van der Waals surface area contributed by atoms with Gasteiger partial charge in [0.1, 0.15) is 12.2 Å². The first-order valence-electron chi connectivity index (χ1n) is 9.56. The van der Waals surface area contributed by atoms with E-state index >= 15 is 0 Å². The van der Waals surface area contributed by atoms with Crippen LogP contribution in [0.15, 0.2) is 17.2 Å². The smallest absolute Gasteiger partial charge is 0.267 e. The van der Waals surface area contributed by atoms with Crippen molar-refractivity contribution in [1.29, 1.82) is 0 Å². The van der Waals surface area contributed by atoms with Gasteiger partial charge in [0.2, 0.25) is 0 Å². The molecular formula is C18H27N7O. The van der Waals surface area contributed by atoms with Crippen LogP contribution in [0.1, 0.15) is 29.9 Å². The van der Waals surface area contributed by atoms with E-state index in [0.29, 0.717) is 6.54 Å². The number of rotatable bonds is 5. The van der Waals surface area contributed by atoms with Crippen molar-refractivity contribution in [2.24, 2.45) is 7.05 Å². The molecule has 0 saturated carbocycles. The highest BCUT2D eigenvalue weighted by Gasteiger charge is 2.19. The van der Waals surface area contributed by atoms with Crippen LogP contribution in [0.4, 0.5) is 0 Å². The molecule has 0 aromatic carbocycles. The van der Waals surface area contributed by atoms with Gasteiger partial charge in [0, 0.05) is 45.8 Å². The summed E-state index contributed by atoms with van der Waals surface area (Å²) < 4.78 is 3.64. The summed E-state index contributed by atoms with van der Waals surface area (Å²) in [7, 11) is 1.98. The topological polar surface area (TPSA) is 72.1 Å². The monoisotopic (exact) mass is 357 g/mol. The molecule has 4 rings (SSSR count). The van der Waals surface area contributed by atoms with Crippen molar-refractivity contribution in [3.63, 3.8) is 0 Å². The normalized spacial score (nSPS) is 18.8. The molecular weight excluding hydrogens is 330 g/mol. The zero-order valence-corrected chi connectivity index (χ0v) is 15.5. The molecule has 0 radical (unpaired) electrons. The van der Waals surface area contributed by atoms with Crippen LogP contribution in [0.2, 0.25) is 0 Å². The van der Waals surface area contributed by atoms with Gasteiger partial charge in [-0.05, 0) is 31.2 Å². The second kappa shape index (κ2) is 7.67. The Morgan fingerprint density at radius 3 is 2.58 bits per heavy atom. The zero-order chi connectivity index (χ0) is 17.9. The lowest BCUT2D eigenvalue weighted by atomic mass is 9.97. The van der Waals surface area contributed by atoms with E-state index < -0.39 is 0 Å². The second-order valence-electron chi connectivity index (χ2n) is 7.36. The van der Waals surface area contributed by atoms with E-state index in [2.05, 4.69) is 25.1 Å². The second-order valence-corrected chi connectivity index (χ2v) is 7.36. The highest BCUT2D eigenvalue weighted by Crippen LogP contribution is 2.16. The van der Waals surface area contributed by atoms with Gasteiger partial charge in [0.15, 0.2) is 0 Å². The van der Waals surface area contributed by atoms with Crippen LogP contribution >= 0.6 is 0 Å². The lowest BCUT2D eigenvalue weighted by molar-refractivity contribution is 0.119. The molecule has 8 heteroatoms. The minimum absolute atomic E-state index is 0.0477. The van der Waals surface area contributed by atoms with Crippen LogP contribution < -0.4 is 5.56 Å². The number of aromatic nitrogens is 5. The molecule has 0 spiro atoms.